The van der Waals surface area contributed by atoms with Crippen LogP contribution in [0.15, 0.2) is 34.2 Å². The molecule has 1 N–H and O–H groups in total. The van der Waals surface area contributed by atoms with Crippen LogP contribution < -0.4 is 5.32 Å². The molecule has 0 radical (unpaired) electrons. The van der Waals surface area contributed by atoms with Crippen LogP contribution in [0.2, 0.25) is 0 Å². The number of nitrogens with zero attached hydrogens (tertiary/aromatic N) is 1. The molecule has 0 saturated heterocycles. The van der Waals surface area contributed by atoms with E-state index in [-0.39, 0.29) is 0 Å². The maximum atomic E-state index is 4.22. The Bertz CT molecular complexity index is 440. The highest BCUT2D eigenvalue weighted by atomic mass is 79.9. The molecule has 2 nitrogen and oxygen atoms in total. The highest BCUT2D eigenvalue weighted by molar-refractivity contribution is 9.10. The fourth-order valence-electron chi connectivity index (χ4n) is 1.29. The van der Waals surface area contributed by atoms with Gasteiger partial charge < -0.3 is 5.32 Å². The molecule has 0 saturated carbocycles. The van der Waals surface area contributed by atoms with E-state index in [1.165, 1.54) is 5.56 Å². The summed E-state index contributed by atoms with van der Waals surface area (Å²) in [6, 6.07) is 6.26. The molecular weight excluding hydrogens is 272 g/mol. The zero-order chi connectivity index (χ0) is 10.7. The number of hydrogen-bond acceptors (Lipinski definition) is 3. The fourth-order valence-corrected chi connectivity index (χ4v) is 2.23. The van der Waals surface area contributed by atoms with Crippen molar-refractivity contribution in [2.45, 2.75) is 13.5 Å². The molecule has 1 heterocycles. The Labute approximate surface area is 101 Å². The van der Waals surface area contributed by atoms with Gasteiger partial charge in [-0.05, 0) is 40.5 Å². The van der Waals surface area contributed by atoms with E-state index in [1.54, 1.807) is 11.3 Å². The first kappa shape index (κ1) is 10.6. The van der Waals surface area contributed by atoms with Crippen molar-refractivity contribution >= 4 is 33.0 Å². The van der Waals surface area contributed by atoms with Crippen molar-refractivity contribution in [1.29, 1.82) is 0 Å². The lowest BCUT2D eigenvalue weighted by molar-refractivity contribution is 1.10. The zero-order valence-electron chi connectivity index (χ0n) is 8.33. The van der Waals surface area contributed by atoms with Crippen molar-refractivity contribution in [2.75, 3.05) is 5.32 Å². The van der Waals surface area contributed by atoms with Crippen LogP contribution in [0.5, 0.6) is 0 Å². The molecule has 1 aromatic carbocycles. The minimum atomic E-state index is 0.778. The molecule has 0 unspecified atom stereocenters. The van der Waals surface area contributed by atoms with Gasteiger partial charge in [0.1, 0.15) is 5.01 Å². The van der Waals surface area contributed by atoms with Crippen LogP contribution in [-0.4, -0.2) is 4.98 Å². The van der Waals surface area contributed by atoms with Gasteiger partial charge in [-0.1, -0.05) is 6.07 Å². The summed E-state index contributed by atoms with van der Waals surface area (Å²) >= 11 is 5.18. The first-order chi connectivity index (χ1) is 7.25. The van der Waals surface area contributed by atoms with Crippen LogP contribution in [0.3, 0.4) is 0 Å². The van der Waals surface area contributed by atoms with Crippen LogP contribution in [0.1, 0.15) is 10.6 Å². The van der Waals surface area contributed by atoms with E-state index < -0.39 is 0 Å². The minimum Gasteiger partial charge on any atom is -0.378 e. The summed E-state index contributed by atoms with van der Waals surface area (Å²) in [4.78, 5) is 4.22. The average molecular weight is 283 g/mol. The number of thiazole rings is 1. The highest BCUT2D eigenvalue weighted by Gasteiger charge is 2.00. The van der Waals surface area contributed by atoms with Crippen LogP contribution in [0, 0.1) is 6.92 Å². The quantitative estimate of drug-likeness (QED) is 0.926. The third-order valence-electron chi connectivity index (χ3n) is 2.04. The standard InChI is InChI=1S/C11H11BrN2S/c1-8-2-3-9(12)10(6-8)14-7-11-13-4-5-15-11/h2-6,14H,7H2,1H3. The fraction of sp³-hybridized carbons (Fsp3) is 0.182. The summed E-state index contributed by atoms with van der Waals surface area (Å²) < 4.78 is 1.09. The van der Waals surface area contributed by atoms with Crippen molar-refractivity contribution in [3.05, 3.63) is 44.8 Å². The van der Waals surface area contributed by atoms with Crippen molar-refractivity contribution in [3.8, 4) is 0 Å². The van der Waals surface area contributed by atoms with Crippen LogP contribution >= 0.6 is 27.3 Å². The molecule has 0 aliphatic rings. The summed E-state index contributed by atoms with van der Waals surface area (Å²) in [5.74, 6) is 0. The topological polar surface area (TPSA) is 24.9 Å². The second-order valence-electron chi connectivity index (χ2n) is 3.26. The lowest BCUT2D eigenvalue weighted by Gasteiger charge is -2.07. The Morgan fingerprint density at radius 2 is 2.33 bits per heavy atom. The summed E-state index contributed by atoms with van der Waals surface area (Å²) in [7, 11) is 0. The second-order valence-corrected chi connectivity index (χ2v) is 5.10. The van der Waals surface area contributed by atoms with Crippen LogP contribution in [-0.2, 0) is 6.54 Å². The number of halogens is 1. The Hall–Kier alpha value is -0.870. The van der Waals surface area contributed by atoms with Crippen molar-refractivity contribution in [2.24, 2.45) is 0 Å². The highest BCUT2D eigenvalue weighted by Crippen LogP contribution is 2.24. The lowest BCUT2D eigenvalue weighted by Crippen LogP contribution is -1.99. The maximum absolute atomic E-state index is 4.22. The molecule has 0 aliphatic heterocycles. The number of aromatic nitrogens is 1. The molecule has 0 bridgehead atoms. The molecule has 2 rings (SSSR count). The molecule has 0 aliphatic carbocycles. The van der Waals surface area contributed by atoms with Crippen LogP contribution in [0.25, 0.3) is 0 Å². The lowest BCUT2D eigenvalue weighted by atomic mass is 10.2. The van der Waals surface area contributed by atoms with Gasteiger partial charge in [0.15, 0.2) is 0 Å². The summed E-state index contributed by atoms with van der Waals surface area (Å²) in [6.45, 7) is 2.86. The third kappa shape index (κ3) is 2.79. The predicted molar refractivity (Wildman–Crippen MR) is 68.3 cm³/mol. The molecule has 0 atom stereocenters. The van der Waals surface area contributed by atoms with Gasteiger partial charge in [0.05, 0.1) is 6.54 Å². The monoisotopic (exact) mass is 282 g/mol. The van der Waals surface area contributed by atoms with Gasteiger partial charge in [0.2, 0.25) is 0 Å². The van der Waals surface area contributed by atoms with Gasteiger partial charge in [-0.2, -0.15) is 0 Å². The Morgan fingerprint density at radius 1 is 1.47 bits per heavy atom. The van der Waals surface area contributed by atoms with E-state index in [4.69, 9.17) is 0 Å². The van der Waals surface area contributed by atoms with Gasteiger partial charge >= 0.3 is 0 Å². The van der Waals surface area contributed by atoms with Gasteiger partial charge in [-0.15, -0.1) is 11.3 Å². The number of benzene rings is 1. The number of rotatable bonds is 3. The number of nitrogens with one attached hydrogen (secondary N) is 1. The SMILES string of the molecule is Cc1ccc(Br)c(NCc2nccs2)c1. The van der Waals surface area contributed by atoms with Gasteiger partial charge in [-0.25, -0.2) is 4.98 Å². The van der Waals surface area contributed by atoms with E-state index in [2.05, 4.69) is 51.4 Å². The third-order valence-corrected chi connectivity index (χ3v) is 3.51. The van der Waals surface area contributed by atoms with Gasteiger partial charge in [-0.3, -0.25) is 0 Å². The molecule has 4 heteroatoms. The Morgan fingerprint density at radius 3 is 3.07 bits per heavy atom. The zero-order valence-corrected chi connectivity index (χ0v) is 10.7. The summed E-state index contributed by atoms with van der Waals surface area (Å²) in [5, 5.41) is 6.45. The summed E-state index contributed by atoms with van der Waals surface area (Å²) in [6.07, 6.45) is 1.83. The normalized spacial score (nSPS) is 10.3. The maximum Gasteiger partial charge on any atom is 0.112 e. The smallest absolute Gasteiger partial charge is 0.112 e. The average Bonchev–Trinajstić information content (AvgIpc) is 2.72. The van der Waals surface area contributed by atoms with E-state index in [0.29, 0.717) is 0 Å². The largest absolute Gasteiger partial charge is 0.378 e. The summed E-state index contributed by atoms with van der Waals surface area (Å²) in [5.41, 5.74) is 2.37. The van der Waals surface area contributed by atoms with E-state index in [0.717, 1.165) is 21.7 Å². The van der Waals surface area contributed by atoms with E-state index in [9.17, 15) is 0 Å². The Balaban J connectivity index is 2.07. The minimum absolute atomic E-state index is 0.778. The van der Waals surface area contributed by atoms with Crippen molar-refractivity contribution in [3.63, 3.8) is 0 Å². The predicted octanol–water partition coefficient (Wildman–Crippen LogP) is 3.83. The molecule has 15 heavy (non-hydrogen) atoms. The number of anilines is 1. The second kappa shape index (κ2) is 4.77. The number of aryl methyl sites for hydroxylation is 1. The molecule has 0 amide bonds. The Kier molecular flexibility index (Phi) is 3.38. The van der Waals surface area contributed by atoms with Gasteiger partial charge in [0.25, 0.3) is 0 Å². The first-order valence-electron chi connectivity index (χ1n) is 4.64. The van der Waals surface area contributed by atoms with Crippen LogP contribution in [0.4, 0.5) is 5.69 Å². The van der Waals surface area contributed by atoms with Crippen molar-refractivity contribution < 1.29 is 0 Å². The van der Waals surface area contributed by atoms with E-state index in [1.807, 2.05) is 11.6 Å². The number of hydrogen-bond donors (Lipinski definition) is 1. The first-order valence-corrected chi connectivity index (χ1v) is 6.31. The van der Waals surface area contributed by atoms with Crippen molar-refractivity contribution in [1.82, 2.24) is 4.98 Å². The molecule has 2 aromatic rings. The molecule has 1 aromatic heterocycles. The van der Waals surface area contributed by atoms with E-state index >= 15 is 0 Å². The molecule has 78 valence electrons. The molecule has 0 fully saturated rings. The van der Waals surface area contributed by atoms with Gasteiger partial charge in [0, 0.05) is 21.7 Å². The molecular formula is C11H11BrN2S. The molecule has 0 spiro atoms.